The van der Waals surface area contributed by atoms with Gasteiger partial charge in [-0.15, -0.1) is 0 Å². The van der Waals surface area contributed by atoms with Crippen molar-refractivity contribution < 1.29 is 0 Å². The van der Waals surface area contributed by atoms with E-state index in [2.05, 4.69) is 199 Å². The summed E-state index contributed by atoms with van der Waals surface area (Å²) < 4.78 is 0. The van der Waals surface area contributed by atoms with Gasteiger partial charge in [0.05, 0.1) is 5.41 Å². The van der Waals surface area contributed by atoms with Gasteiger partial charge in [-0.3, -0.25) is 0 Å². The van der Waals surface area contributed by atoms with Crippen LogP contribution in [0.25, 0.3) is 60.9 Å². The van der Waals surface area contributed by atoms with Crippen LogP contribution in [0.3, 0.4) is 0 Å². The van der Waals surface area contributed by atoms with E-state index in [0.29, 0.717) is 12.5 Å². The number of rotatable bonds is 6. The maximum absolute atomic E-state index is 5.80. The molecule has 2 heteroatoms. The van der Waals surface area contributed by atoms with Crippen molar-refractivity contribution in [3.8, 4) is 44.5 Å². The van der Waals surface area contributed by atoms with E-state index < -0.39 is 0 Å². The molecule has 11 rings (SSSR count). The summed E-state index contributed by atoms with van der Waals surface area (Å²) in [4.78, 5) is 0. The Morgan fingerprint density at radius 3 is 1.84 bits per heavy atom. The number of benzene rings is 8. The molecule has 58 heavy (non-hydrogen) atoms. The number of hydrogen-bond acceptors (Lipinski definition) is 2. The molecule has 0 saturated carbocycles. The molecule has 0 fully saturated rings. The zero-order chi connectivity index (χ0) is 38.6. The second-order valence-corrected chi connectivity index (χ2v) is 16.0. The van der Waals surface area contributed by atoms with Crippen LogP contribution >= 0.6 is 0 Å². The maximum atomic E-state index is 5.80. The third kappa shape index (κ3) is 5.36. The highest BCUT2D eigenvalue weighted by Gasteiger charge is 2.51. The molecule has 0 radical (unpaired) electrons. The Morgan fingerprint density at radius 1 is 0.517 bits per heavy atom. The molecule has 2 aliphatic carbocycles. The molecule has 0 aromatic heterocycles. The second-order valence-electron chi connectivity index (χ2n) is 16.0. The minimum atomic E-state index is -0.345. The fourth-order valence-electron chi connectivity index (χ4n) is 10.2. The van der Waals surface area contributed by atoms with Crippen LogP contribution in [-0.2, 0) is 5.41 Å². The van der Waals surface area contributed by atoms with Gasteiger partial charge in [0, 0.05) is 17.8 Å². The average Bonchev–Trinajstić information content (AvgIpc) is 3.75. The van der Waals surface area contributed by atoms with Gasteiger partial charge in [0.1, 0.15) is 0 Å². The van der Waals surface area contributed by atoms with E-state index in [4.69, 9.17) is 5.73 Å². The van der Waals surface area contributed by atoms with Crippen LogP contribution < -0.4 is 11.1 Å². The fourth-order valence-corrected chi connectivity index (χ4v) is 10.2. The Balaban J connectivity index is 0.983. The second kappa shape index (κ2) is 14.0. The summed E-state index contributed by atoms with van der Waals surface area (Å²) in [6, 6.07) is 65.8. The van der Waals surface area contributed by atoms with E-state index in [1.54, 1.807) is 0 Å². The lowest BCUT2D eigenvalue weighted by Gasteiger charge is -2.30. The molecule has 0 amide bonds. The Labute approximate surface area is 341 Å². The summed E-state index contributed by atoms with van der Waals surface area (Å²) in [6.45, 7) is 1.56. The Kier molecular flexibility index (Phi) is 8.34. The molecule has 1 aliphatic heterocycles. The number of anilines is 1. The quantitative estimate of drug-likeness (QED) is 0.166. The number of hydrogen-bond donors (Lipinski definition) is 2. The first-order valence-electron chi connectivity index (χ1n) is 20.7. The molecule has 2 nitrogen and oxygen atoms in total. The van der Waals surface area contributed by atoms with Gasteiger partial charge in [0.15, 0.2) is 0 Å². The van der Waals surface area contributed by atoms with Gasteiger partial charge < -0.3 is 11.1 Å². The minimum absolute atomic E-state index is 0.345. The van der Waals surface area contributed by atoms with Gasteiger partial charge in [-0.2, -0.15) is 0 Å². The smallest absolute Gasteiger partial charge is 0.0725 e. The fraction of sp³-hybridized carbons (Fsp3) is 0.107. The van der Waals surface area contributed by atoms with Gasteiger partial charge in [0.25, 0.3) is 0 Å². The van der Waals surface area contributed by atoms with Crippen molar-refractivity contribution in [1.29, 1.82) is 0 Å². The van der Waals surface area contributed by atoms with Crippen molar-refractivity contribution in [3.05, 3.63) is 228 Å². The van der Waals surface area contributed by atoms with E-state index >= 15 is 0 Å². The predicted octanol–water partition coefficient (Wildman–Crippen LogP) is 13.3. The Hall–Kier alpha value is -6.74. The normalized spacial score (nSPS) is 16.7. The number of nitrogens with one attached hydrogen (secondary N) is 1. The SMILES string of the molecule is NCC/C=C\C1C/C=C(/c2ccccc2)c2ccc(-c3ccc4cc(-c5cccc6c5-c5ccccc5C65c6ccccc6-c6ccccc65)ccc4c3)cc2NC1. The zero-order valence-electron chi connectivity index (χ0n) is 32.5. The van der Waals surface area contributed by atoms with Crippen molar-refractivity contribution in [2.75, 3.05) is 18.4 Å². The molecule has 8 aromatic rings. The van der Waals surface area contributed by atoms with Crippen molar-refractivity contribution in [2.45, 2.75) is 18.3 Å². The lowest BCUT2D eigenvalue weighted by molar-refractivity contribution is 0.693. The van der Waals surface area contributed by atoms with E-state index in [0.717, 1.165) is 19.4 Å². The largest absolute Gasteiger partial charge is 0.384 e. The van der Waals surface area contributed by atoms with Crippen LogP contribution in [0.5, 0.6) is 0 Å². The third-order valence-electron chi connectivity index (χ3n) is 12.8. The molecular formula is C56H44N2. The van der Waals surface area contributed by atoms with Crippen LogP contribution in [0.2, 0.25) is 0 Å². The van der Waals surface area contributed by atoms with Crippen molar-refractivity contribution in [1.82, 2.24) is 0 Å². The summed E-state index contributed by atoms with van der Waals surface area (Å²) >= 11 is 0. The first-order valence-corrected chi connectivity index (χ1v) is 20.7. The molecular weight excluding hydrogens is 701 g/mol. The minimum Gasteiger partial charge on any atom is -0.384 e. The van der Waals surface area contributed by atoms with Crippen molar-refractivity contribution >= 4 is 22.0 Å². The maximum Gasteiger partial charge on any atom is 0.0725 e. The predicted molar refractivity (Wildman–Crippen MR) is 244 cm³/mol. The monoisotopic (exact) mass is 744 g/mol. The van der Waals surface area contributed by atoms with Crippen LogP contribution in [0.1, 0.15) is 46.2 Å². The van der Waals surface area contributed by atoms with Crippen LogP contribution in [0, 0.1) is 5.92 Å². The topological polar surface area (TPSA) is 38.0 Å². The molecule has 0 saturated heterocycles. The first kappa shape index (κ1) is 34.5. The lowest BCUT2D eigenvalue weighted by atomic mass is 9.70. The molecule has 1 atom stereocenters. The van der Waals surface area contributed by atoms with Gasteiger partial charge >= 0.3 is 0 Å². The Morgan fingerprint density at radius 2 is 1.10 bits per heavy atom. The summed E-state index contributed by atoms with van der Waals surface area (Å²) in [5, 5.41) is 6.32. The van der Waals surface area contributed by atoms with Gasteiger partial charge in [-0.1, -0.05) is 176 Å². The highest BCUT2D eigenvalue weighted by Crippen LogP contribution is 2.64. The molecule has 0 bridgehead atoms. The summed E-state index contributed by atoms with van der Waals surface area (Å²) in [5.41, 5.74) is 26.2. The standard InChI is InChI=1S/C56H44N2/c57-32-11-10-13-37-24-30-44(38-14-2-1-3-15-38)48-31-29-42(35-54(48)58-36-37)40-25-26-41-34-43(28-27-39(41)33-40)45-19-12-23-53-55(45)49-18-6-9-22-52(49)56(53)50-20-7-4-16-46(50)47-17-5-8-21-51(47)56/h1-10,12-23,25-31,33-35,37,58H,11,24,32,36,57H2/b13-10-,44-30-. The van der Waals surface area contributed by atoms with E-state index in [1.165, 1.54) is 99.9 Å². The van der Waals surface area contributed by atoms with E-state index in [9.17, 15) is 0 Å². The van der Waals surface area contributed by atoms with Gasteiger partial charge in [-0.25, -0.2) is 0 Å². The first-order chi connectivity index (χ1) is 28.7. The third-order valence-corrected chi connectivity index (χ3v) is 12.8. The summed E-state index contributed by atoms with van der Waals surface area (Å²) in [5.74, 6) is 0.395. The summed E-state index contributed by atoms with van der Waals surface area (Å²) in [7, 11) is 0. The van der Waals surface area contributed by atoms with Gasteiger partial charge in [0.2, 0.25) is 0 Å². The molecule has 3 N–H and O–H groups in total. The van der Waals surface area contributed by atoms with Crippen LogP contribution in [0.4, 0.5) is 5.69 Å². The molecule has 3 aliphatic rings. The van der Waals surface area contributed by atoms with Crippen LogP contribution in [-0.4, -0.2) is 13.1 Å². The van der Waals surface area contributed by atoms with Crippen molar-refractivity contribution in [3.63, 3.8) is 0 Å². The average molecular weight is 745 g/mol. The lowest BCUT2D eigenvalue weighted by Crippen LogP contribution is -2.25. The number of nitrogens with two attached hydrogens (primary N) is 1. The summed E-state index contributed by atoms with van der Waals surface area (Å²) in [6.07, 6.45) is 8.87. The zero-order valence-corrected chi connectivity index (χ0v) is 32.5. The molecule has 8 aromatic carbocycles. The highest BCUT2D eigenvalue weighted by molar-refractivity contribution is 6.01. The Bertz CT molecular complexity index is 2900. The van der Waals surface area contributed by atoms with E-state index in [-0.39, 0.29) is 5.41 Å². The highest BCUT2D eigenvalue weighted by atomic mass is 14.9. The van der Waals surface area contributed by atoms with E-state index in [1.807, 2.05) is 0 Å². The molecule has 1 unspecified atom stereocenters. The van der Waals surface area contributed by atoms with Gasteiger partial charge in [-0.05, 0) is 132 Å². The molecule has 1 spiro atoms. The molecule has 278 valence electrons. The van der Waals surface area contributed by atoms with Crippen LogP contribution in [0.15, 0.2) is 194 Å². The number of allylic oxidation sites excluding steroid dienone is 1. The van der Waals surface area contributed by atoms with Crippen molar-refractivity contribution in [2.24, 2.45) is 11.7 Å². The number of fused-ring (bicyclic) bond motifs is 12. The molecule has 1 heterocycles.